The van der Waals surface area contributed by atoms with E-state index in [1.807, 2.05) is 37.3 Å². The minimum atomic E-state index is -0.496. The van der Waals surface area contributed by atoms with Crippen molar-refractivity contribution < 1.29 is 9.53 Å². The number of nitrogens with one attached hydrogen (secondary N) is 1. The zero-order valence-corrected chi connectivity index (χ0v) is 12.9. The molecule has 0 spiro atoms. The van der Waals surface area contributed by atoms with Gasteiger partial charge in [0.05, 0.1) is 12.2 Å². The van der Waals surface area contributed by atoms with E-state index in [0.717, 1.165) is 16.8 Å². The zero-order chi connectivity index (χ0) is 15.8. The molecule has 1 amide bonds. The van der Waals surface area contributed by atoms with Gasteiger partial charge >= 0.3 is 6.09 Å². The second-order valence-corrected chi connectivity index (χ2v) is 4.87. The van der Waals surface area contributed by atoms with E-state index in [0.29, 0.717) is 5.15 Å². The first-order valence-corrected chi connectivity index (χ1v) is 7.09. The van der Waals surface area contributed by atoms with Gasteiger partial charge in [-0.25, -0.2) is 9.78 Å². The Labute approximate surface area is 134 Å². The third-order valence-electron chi connectivity index (χ3n) is 2.81. The van der Waals surface area contributed by atoms with Crippen LogP contribution in [-0.4, -0.2) is 17.6 Å². The average Bonchev–Trinajstić information content (AvgIpc) is 2.52. The molecule has 112 valence electrons. The number of aryl methyl sites for hydroxylation is 1. The number of pyridine rings is 1. The summed E-state index contributed by atoms with van der Waals surface area (Å²) in [7, 11) is 0. The van der Waals surface area contributed by atoms with Crippen molar-refractivity contribution in [2.45, 2.75) is 13.5 Å². The van der Waals surface area contributed by atoms with Crippen LogP contribution in [0.2, 0.25) is 5.15 Å². The number of rotatable bonds is 3. The molecule has 0 aliphatic rings. The first-order valence-electron chi connectivity index (χ1n) is 6.72. The Morgan fingerprint density at radius 3 is 2.77 bits per heavy atom. The van der Waals surface area contributed by atoms with E-state index in [2.05, 4.69) is 22.1 Å². The Morgan fingerprint density at radius 2 is 2.05 bits per heavy atom. The summed E-state index contributed by atoms with van der Waals surface area (Å²) in [6, 6.07) is 13.0. The third-order valence-corrected chi connectivity index (χ3v) is 3.02. The molecule has 0 aliphatic carbocycles. The fraction of sp³-hybridized carbons (Fsp3) is 0.176. The molecule has 1 heterocycles. The first kappa shape index (κ1) is 15.9. The predicted octanol–water partition coefficient (Wildman–Crippen LogP) is 3.32. The Balaban J connectivity index is 1.76. The van der Waals surface area contributed by atoms with Crippen LogP contribution in [0.1, 0.15) is 16.8 Å². The maximum atomic E-state index is 11.5. The van der Waals surface area contributed by atoms with Crippen molar-refractivity contribution in [2.75, 3.05) is 6.54 Å². The number of halogens is 1. The summed E-state index contributed by atoms with van der Waals surface area (Å²) in [4.78, 5) is 15.6. The number of hydrogen-bond acceptors (Lipinski definition) is 3. The van der Waals surface area contributed by atoms with Crippen molar-refractivity contribution in [1.29, 1.82) is 0 Å². The topological polar surface area (TPSA) is 51.2 Å². The molecule has 1 aromatic carbocycles. The third kappa shape index (κ3) is 5.12. The highest BCUT2D eigenvalue weighted by Crippen LogP contribution is 2.09. The van der Waals surface area contributed by atoms with Gasteiger partial charge in [-0.3, -0.25) is 0 Å². The van der Waals surface area contributed by atoms with Crippen LogP contribution in [0, 0.1) is 18.8 Å². The highest BCUT2D eigenvalue weighted by atomic mass is 35.5. The second-order valence-electron chi connectivity index (χ2n) is 4.48. The van der Waals surface area contributed by atoms with Gasteiger partial charge in [-0.1, -0.05) is 53.8 Å². The van der Waals surface area contributed by atoms with E-state index in [1.165, 1.54) is 0 Å². The standard InChI is InChI=1S/C17H15ClN2O2/c1-13-15(9-10-16(18)20-13)8-5-11-19-17(21)22-12-14-6-3-2-4-7-14/h2-4,6-7,9-10H,11-12H2,1H3,(H,19,21). The van der Waals surface area contributed by atoms with Gasteiger partial charge in [0.15, 0.2) is 0 Å². The zero-order valence-electron chi connectivity index (χ0n) is 12.1. The summed E-state index contributed by atoms with van der Waals surface area (Å²) in [5.74, 6) is 5.77. The molecule has 22 heavy (non-hydrogen) atoms. The van der Waals surface area contributed by atoms with Crippen LogP contribution >= 0.6 is 11.6 Å². The van der Waals surface area contributed by atoms with Crippen molar-refractivity contribution in [2.24, 2.45) is 0 Å². The van der Waals surface area contributed by atoms with Gasteiger partial charge in [0.1, 0.15) is 11.8 Å². The van der Waals surface area contributed by atoms with Gasteiger partial charge < -0.3 is 10.1 Å². The predicted molar refractivity (Wildman–Crippen MR) is 85.5 cm³/mol. The Hall–Kier alpha value is -2.51. The second kappa shape index (κ2) is 8.06. The molecule has 2 rings (SSSR count). The SMILES string of the molecule is Cc1nc(Cl)ccc1C#CCNC(=O)OCc1ccccc1. The molecule has 1 N–H and O–H groups in total. The fourth-order valence-corrected chi connectivity index (χ4v) is 1.88. The van der Waals surface area contributed by atoms with Crippen molar-refractivity contribution in [3.05, 3.63) is 64.4 Å². The Bertz CT molecular complexity index is 706. The smallest absolute Gasteiger partial charge is 0.408 e. The van der Waals surface area contributed by atoms with E-state index in [4.69, 9.17) is 16.3 Å². The molecule has 0 saturated heterocycles. The molecule has 1 aromatic heterocycles. The molecule has 0 unspecified atom stereocenters. The molecule has 0 fully saturated rings. The quantitative estimate of drug-likeness (QED) is 0.698. The minimum Gasteiger partial charge on any atom is -0.445 e. The number of carbonyl (C=O) groups is 1. The van der Waals surface area contributed by atoms with Crippen LogP contribution in [0.15, 0.2) is 42.5 Å². The summed E-state index contributed by atoms with van der Waals surface area (Å²) < 4.78 is 5.07. The van der Waals surface area contributed by atoms with Crippen LogP contribution in [0.4, 0.5) is 4.79 Å². The Kier molecular flexibility index (Phi) is 5.81. The largest absolute Gasteiger partial charge is 0.445 e. The lowest BCUT2D eigenvalue weighted by Crippen LogP contribution is -2.24. The summed E-state index contributed by atoms with van der Waals surface area (Å²) in [5, 5.41) is 3.01. The highest BCUT2D eigenvalue weighted by Gasteiger charge is 2.00. The van der Waals surface area contributed by atoms with Gasteiger partial charge in [-0.15, -0.1) is 0 Å². The molecule has 0 aliphatic heterocycles. The summed E-state index contributed by atoms with van der Waals surface area (Å²) >= 11 is 5.77. The van der Waals surface area contributed by atoms with Crippen molar-refractivity contribution in [3.8, 4) is 11.8 Å². The molecule has 5 heteroatoms. The van der Waals surface area contributed by atoms with Crippen molar-refractivity contribution in [1.82, 2.24) is 10.3 Å². The van der Waals surface area contributed by atoms with E-state index >= 15 is 0 Å². The number of nitrogens with zero attached hydrogens (tertiary/aromatic N) is 1. The minimum absolute atomic E-state index is 0.204. The van der Waals surface area contributed by atoms with E-state index < -0.39 is 6.09 Å². The number of hydrogen-bond donors (Lipinski definition) is 1. The number of benzene rings is 1. The maximum absolute atomic E-state index is 11.5. The molecular weight excluding hydrogens is 300 g/mol. The lowest BCUT2D eigenvalue weighted by molar-refractivity contribution is 0.141. The Morgan fingerprint density at radius 1 is 1.27 bits per heavy atom. The molecule has 0 bridgehead atoms. The van der Waals surface area contributed by atoms with Crippen LogP contribution < -0.4 is 5.32 Å². The molecule has 0 saturated carbocycles. The van der Waals surface area contributed by atoms with Gasteiger partial charge in [-0.2, -0.15) is 0 Å². The van der Waals surface area contributed by atoms with Gasteiger partial charge in [-0.05, 0) is 24.6 Å². The number of carbonyl (C=O) groups excluding carboxylic acids is 1. The number of aromatic nitrogens is 1. The molecular formula is C17H15ClN2O2. The number of alkyl carbamates (subject to hydrolysis) is 1. The normalized spacial score (nSPS) is 9.55. The lowest BCUT2D eigenvalue weighted by atomic mass is 10.2. The van der Waals surface area contributed by atoms with Crippen LogP contribution in [-0.2, 0) is 11.3 Å². The molecule has 0 radical (unpaired) electrons. The van der Waals surface area contributed by atoms with Crippen LogP contribution in [0.25, 0.3) is 0 Å². The maximum Gasteiger partial charge on any atom is 0.408 e. The molecule has 0 atom stereocenters. The van der Waals surface area contributed by atoms with Gasteiger partial charge in [0.25, 0.3) is 0 Å². The van der Waals surface area contributed by atoms with Crippen molar-refractivity contribution >= 4 is 17.7 Å². The van der Waals surface area contributed by atoms with E-state index in [9.17, 15) is 4.79 Å². The van der Waals surface area contributed by atoms with Gasteiger partial charge in [0.2, 0.25) is 0 Å². The highest BCUT2D eigenvalue weighted by molar-refractivity contribution is 6.29. The van der Waals surface area contributed by atoms with E-state index in [1.54, 1.807) is 12.1 Å². The molecule has 4 nitrogen and oxygen atoms in total. The lowest BCUT2D eigenvalue weighted by Gasteiger charge is -2.04. The van der Waals surface area contributed by atoms with E-state index in [-0.39, 0.29) is 13.2 Å². The monoisotopic (exact) mass is 314 g/mol. The summed E-state index contributed by atoms with van der Waals surface area (Å²) in [6.45, 7) is 2.27. The summed E-state index contributed by atoms with van der Waals surface area (Å²) in [6.07, 6.45) is -0.496. The summed E-state index contributed by atoms with van der Waals surface area (Å²) in [5.41, 5.74) is 2.47. The number of amides is 1. The fourth-order valence-electron chi connectivity index (χ4n) is 1.69. The number of ether oxygens (including phenoxy) is 1. The average molecular weight is 315 g/mol. The van der Waals surface area contributed by atoms with Crippen LogP contribution in [0.5, 0.6) is 0 Å². The molecule has 2 aromatic rings. The first-order chi connectivity index (χ1) is 10.6. The van der Waals surface area contributed by atoms with Gasteiger partial charge in [0, 0.05) is 5.56 Å². The van der Waals surface area contributed by atoms with Crippen molar-refractivity contribution in [3.63, 3.8) is 0 Å². The van der Waals surface area contributed by atoms with Crippen LogP contribution in [0.3, 0.4) is 0 Å².